The quantitative estimate of drug-likeness (QED) is 0.842. The van der Waals surface area contributed by atoms with Crippen molar-refractivity contribution in [1.82, 2.24) is 15.5 Å². The number of carbonyl (C=O) groups excluding carboxylic acids is 1. The molecule has 0 spiro atoms. The molecule has 0 unspecified atom stereocenters. The van der Waals surface area contributed by atoms with Gasteiger partial charge in [0, 0.05) is 24.2 Å². The molecule has 1 saturated carbocycles. The third kappa shape index (κ3) is 4.31. The largest absolute Gasteiger partial charge is 0.339 e. The molecule has 2 N–H and O–H groups in total. The SMILES string of the molecule is Cc1nc(-c2ccc(NC(=O)NC3CCCCCC3)cc2)no1. The number of nitrogens with zero attached hydrogens (tertiary/aromatic N) is 2. The molecule has 3 rings (SSSR count). The molecule has 0 saturated heterocycles. The highest BCUT2D eigenvalue weighted by Crippen LogP contribution is 2.19. The first-order chi connectivity index (χ1) is 11.2. The Bertz CT molecular complexity index is 643. The molecule has 23 heavy (non-hydrogen) atoms. The molecule has 0 bridgehead atoms. The third-order valence-corrected chi connectivity index (χ3v) is 4.12. The minimum absolute atomic E-state index is 0.139. The molecule has 1 aromatic heterocycles. The number of rotatable bonds is 3. The fourth-order valence-corrected chi connectivity index (χ4v) is 2.90. The Morgan fingerprint density at radius 2 is 1.83 bits per heavy atom. The van der Waals surface area contributed by atoms with Gasteiger partial charge in [-0.05, 0) is 37.1 Å². The average Bonchev–Trinajstić information content (AvgIpc) is 2.81. The third-order valence-electron chi connectivity index (χ3n) is 4.12. The zero-order chi connectivity index (χ0) is 16.1. The lowest BCUT2D eigenvalue weighted by Gasteiger charge is -2.16. The summed E-state index contributed by atoms with van der Waals surface area (Å²) < 4.78 is 4.97. The predicted octanol–water partition coefficient (Wildman–Crippen LogP) is 3.89. The second-order valence-electron chi connectivity index (χ2n) is 6.00. The first-order valence-electron chi connectivity index (χ1n) is 8.19. The Hall–Kier alpha value is -2.37. The lowest BCUT2D eigenvalue weighted by molar-refractivity contribution is 0.247. The summed E-state index contributed by atoms with van der Waals surface area (Å²) in [5, 5.41) is 9.82. The summed E-state index contributed by atoms with van der Waals surface area (Å²) in [6.07, 6.45) is 7.09. The van der Waals surface area contributed by atoms with Crippen LogP contribution in [0.4, 0.5) is 10.5 Å². The van der Waals surface area contributed by atoms with Crippen molar-refractivity contribution in [2.75, 3.05) is 5.32 Å². The summed E-state index contributed by atoms with van der Waals surface area (Å²) in [6.45, 7) is 1.75. The van der Waals surface area contributed by atoms with Crippen molar-refractivity contribution < 1.29 is 9.32 Å². The number of anilines is 1. The summed E-state index contributed by atoms with van der Waals surface area (Å²) in [4.78, 5) is 16.3. The smallest absolute Gasteiger partial charge is 0.319 e. The van der Waals surface area contributed by atoms with E-state index in [0.717, 1.165) is 24.1 Å². The Labute approximate surface area is 135 Å². The normalized spacial score (nSPS) is 15.9. The van der Waals surface area contributed by atoms with Crippen LogP contribution in [0.25, 0.3) is 11.4 Å². The van der Waals surface area contributed by atoms with Gasteiger partial charge >= 0.3 is 6.03 Å². The van der Waals surface area contributed by atoms with E-state index in [9.17, 15) is 4.79 Å². The van der Waals surface area contributed by atoms with Gasteiger partial charge in [-0.1, -0.05) is 30.8 Å². The van der Waals surface area contributed by atoms with Crippen molar-refractivity contribution in [1.29, 1.82) is 0 Å². The molecule has 6 nitrogen and oxygen atoms in total. The summed E-state index contributed by atoms with van der Waals surface area (Å²) in [5.41, 5.74) is 1.61. The van der Waals surface area contributed by atoms with Gasteiger partial charge in [0.05, 0.1) is 0 Å². The molecular weight excluding hydrogens is 292 g/mol. The lowest BCUT2D eigenvalue weighted by atomic mass is 10.1. The maximum Gasteiger partial charge on any atom is 0.319 e. The molecule has 6 heteroatoms. The highest BCUT2D eigenvalue weighted by atomic mass is 16.5. The molecule has 2 aromatic rings. The number of hydrogen-bond donors (Lipinski definition) is 2. The second-order valence-corrected chi connectivity index (χ2v) is 6.00. The molecule has 1 aliphatic rings. The van der Waals surface area contributed by atoms with Crippen LogP contribution < -0.4 is 10.6 Å². The van der Waals surface area contributed by atoms with Crippen molar-refractivity contribution in [3.05, 3.63) is 30.2 Å². The maximum atomic E-state index is 12.1. The molecular formula is C17H22N4O2. The molecule has 0 aliphatic heterocycles. The van der Waals surface area contributed by atoms with Crippen LogP contribution in [0.1, 0.15) is 44.4 Å². The Morgan fingerprint density at radius 3 is 2.43 bits per heavy atom. The van der Waals surface area contributed by atoms with Crippen LogP contribution in [0.5, 0.6) is 0 Å². The van der Waals surface area contributed by atoms with E-state index in [2.05, 4.69) is 20.8 Å². The zero-order valence-electron chi connectivity index (χ0n) is 13.3. The van der Waals surface area contributed by atoms with Crippen LogP contribution in [0.3, 0.4) is 0 Å². The lowest BCUT2D eigenvalue weighted by Crippen LogP contribution is -2.37. The molecule has 2 amide bonds. The fraction of sp³-hybridized carbons (Fsp3) is 0.471. The number of aryl methyl sites for hydroxylation is 1. The molecule has 0 atom stereocenters. The van der Waals surface area contributed by atoms with Gasteiger partial charge in [-0.3, -0.25) is 0 Å². The number of urea groups is 1. The minimum atomic E-state index is -0.139. The van der Waals surface area contributed by atoms with E-state index >= 15 is 0 Å². The number of carbonyl (C=O) groups is 1. The molecule has 1 fully saturated rings. The van der Waals surface area contributed by atoms with Crippen molar-refractivity contribution >= 4 is 11.7 Å². The fourth-order valence-electron chi connectivity index (χ4n) is 2.90. The molecule has 1 heterocycles. The highest BCUT2D eigenvalue weighted by Gasteiger charge is 2.14. The maximum absolute atomic E-state index is 12.1. The monoisotopic (exact) mass is 314 g/mol. The number of aromatic nitrogens is 2. The van der Waals surface area contributed by atoms with E-state index in [1.807, 2.05) is 24.3 Å². The topological polar surface area (TPSA) is 80.0 Å². The average molecular weight is 314 g/mol. The van der Waals surface area contributed by atoms with Gasteiger partial charge in [-0.2, -0.15) is 4.98 Å². The Balaban J connectivity index is 1.56. The van der Waals surface area contributed by atoms with E-state index in [1.54, 1.807) is 6.92 Å². The van der Waals surface area contributed by atoms with Crippen LogP contribution in [-0.2, 0) is 0 Å². The summed E-state index contributed by atoms with van der Waals surface area (Å²) >= 11 is 0. The number of benzene rings is 1. The number of amides is 2. The number of hydrogen-bond acceptors (Lipinski definition) is 4. The van der Waals surface area contributed by atoms with Crippen molar-refractivity contribution in [3.8, 4) is 11.4 Å². The van der Waals surface area contributed by atoms with Crippen LogP contribution in [0.2, 0.25) is 0 Å². The van der Waals surface area contributed by atoms with Gasteiger partial charge in [0.1, 0.15) is 0 Å². The van der Waals surface area contributed by atoms with Gasteiger partial charge in [0.15, 0.2) is 0 Å². The molecule has 122 valence electrons. The minimum Gasteiger partial charge on any atom is -0.339 e. The van der Waals surface area contributed by atoms with Gasteiger partial charge in [-0.25, -0.2) is 4.79 Å². The molecule has 0 radical (unpaired) electrons. The van der Waals surface area contributed by atoms with Crippen molar-refractivity contribution in [2.45, 2.75) is 51.5 Å². The van der Waals surface area contributed by atoms with Crippen LogP contribution in [-0.4, -0.2) is 22.2 Å². The van der Waals surface area contributed by atoms with Crippen molar-refractivity contribution in [3.63, 3.8) is 0 Å². The van der Waals surface area contributed by atoms with E-state index in [-0.39, 0.29) is 6.03 Å². The van der Waals surface area contributed by atoms with Crippen LogP contribution in [0.15, 0.2) is 28.8 Å². The first kappa shape index (κ1) is 15.5. The van der Waals surface area contributed by atoms with E-state index in [0.29, 0.717) is 17.8 Å². The predicted molar refractivity (Wildman–Crippen MR) is 88.1 cm³/mol. The Kier molecular flexibility index (Phi) is 4.90. The summed E-state index contributed by atoms with van der Waals surface area (Å²) in [7, 11) is 0. The Morgan fingerprint density at radius 1 is 1.13 bits per heavy atom. The van der Waals surface area contributed by atoms with Crippen LogP contribution in [0, 0.1) is 6.92 Å². The number of nitrogens with one attached hydrogen (secondary N) is 2. The van der Waals surface area contributed by atoms with E-state index < -0.39 is 0 Å². The molecule has 1 aromatic carbocycles. The van der Waals surface area contributed by atoms with Crippen molar-refractivity contribution in [2.24, 2.45) is 0 Å². The van der Waals surface area contributed by atoms with Gasteiger partial charge in [-0.15, -0.1) is 0 Å². The summed E-state index contributed by atoms with van der Waals surface area (Å²) in [6, 6.07) is 7.57. The van der Waals surface area contributed by atoms with E-state index in [4.69, 9.17) is 4.52 Å². The first-order valence-corrected chi connectivity index (χ1v) is 8.19. The summed E-state index contributed by atoms with van der Waals surface area (Å²) in [5.74, 6) is 1.09. The van der Waals surface area contributed by atoms with E-state index in [1.165, 1.54) is 25.7 Å². The zero-order valence-corrected chi connectivity index (χ0v) is 13.3. The second kappa shape index (κ2) is 7.26. The van der Waals surface area contributed by atoms with Crippen LogP contribution >= 0.6 is 0 Å². The molecule has 1 aliphatic carbocycles. The van der Waals surface area contributed by atoms with Gasteiger partial charge < -0.3 is 15.2 Å². The standard InChI is InChI=1S/C17H22N4O2/c1-12-18-16(21-23-12)13-8-10-15(11-9-13)20-17(22)19-14-6-4-2-3-5-7-14/h8-11,14H,2-7H2,1H3,(H2,19,20,22). The highest BCUT2D eigenvalue weighted by molar-refractivity contribution is 5.89. The van der Waals surface area contributed by atoms with Gasteiger partial charge in [0.25, 0.3) is 0 Å². The van der Waals surface area contributed by atoms with Gasteiger partial charge in [0.2, 0.25) is 11.7 Å².